The van der Waals surface area contributed by atoms with E-state index < -0.39 is 11.7 Å². The molecule has 0 bridgehead atoms. The summed E-state index contributed by atoms with van der Waals surface area (Å²) < 4.78 is 40.6. The van der Waals surface area contributed by atoms with E-state index in [1.54, 1.807) is 24.3 Å². The first-order chi connectivity index (χ1) is 14.3. The number of alkyl halides is 3. The first kappa shape index (κ1) is 20.8. The topological polar surface area (TPSA) is 85.3 Å². The molecule has 0 saturated heterocycles. The maximum absolute atomic E-state index is 13.0. The summed E-state index contributed by atoms with van der Waals surface area (Å²) in [5.41, 5.74) is 6.92. The number of nitrogens with zero attached hydrogens (tertiary/aromatic N) is 3. The molecule has 0 saturated carbocycles. The Kier molecular flexibility index (Phi) is 6.01. The molecular weight excluding hydrogens is 395 g/mol. The number of benzene rings is 2. The standard InChI is InChI=1S/C20H15F3N4.CH3NO/c1-13-8-10-16(11-9-13)24-19-25-18-7-3-6-17(27(18)26-19)14-4-2-5-15(12-14)20(21,22)23;2-1-3/h2-12H,1H3,(H,24,26);1H,(H2,2,3). The molecule has 0 unspecified atom stereocenters. The minimum Gasteiger partial charge on any atom is -0.372 e. The van der Waals surface area contributed by atoms with E-state index in [1.165, 1.54) is 10.6 Å². The van der Waals surface area contributed by atoms with Gasteiger partial charge in [-0.15, -0.1) is 5.10 Å². The Morgan fingerprint density at radius 3 is 2.37 bits per heavy atom. The van der Waals surface area contributed by atoms with Crippen LogP contribution in [0.1, 0.15) is 11.1 Å². The van der Waals surface area contributed by atoms with E-state index in [-0.39, 0.29) is 6.41 Å². The molecule has 3 N–H and O–H groups in total. The number of rotatable bonds is 3. The van der Waals surface area contributed by atoms with Gasteiger partial charge in [-0.2, -0.15) is 18.2 Å². The number of halogens is 3. The molecule has 2 aromatic heterocycles. The average Bonchev–Trinajstić information content (AvgIpc) is 3.12. The van der Waals surface area contributed by atoms with Gasteiger partial charge in [-0.05, 0) is 43.3 Å². The van der Waals surface area contributed by atoms with Gasteiger partial charge in [-0.25, -0.2) is 4.52 Å². The van der Waals surface area contributed by atoms with Crippen molar-refractivity contribution >= 4 is 23.7 Å². The van der Waals surface area contributed by atoms with Crippen LogP contribution in [0.25, 0.3) is 16.9 Å². The van der Waals surface area contributed by atoms with E-state index >= 15 is 0 Å². The second-order valence-corrected chi connectivity index (χ2v) is 6.32. The number of nitrogens with two attached hydrogens (primary N) is 1. The number of anilines is 2. The number of hydrogen-bond acceptors (Lipinski definition) is 4. The van der Waals surface area contributed by atoms with Crippen LogP contribution in [0, 0.1) is 6.92 Å². The highest BCUT2D eigenvalue weighted by Gasteiger charge is 2.30. The van der Waals surface area contributed by atoms with Gasteiger partial charge in [0.05, 0.1) is 11.3 Å². The summed E-state index contributed by atoms with van der Waals surface area (Å²) >= 11 is 0. The third kappa shape index (κ3) is 4.75. The van der Waals surface area contributed by atoms with Gasteiger partial charge in [-0.1, -0.05) is 35.9 Å². The Morgan fingerprint density at radius 1 is 1.03 bits per heavy atom. The number of aryl methyl sites for hydroxylation is 1. The quantitative estimate of drug-likeness (QED) is 0.482. The molecule has 0 radical (unpaired) electrons. The molecule has 0 aliphatic carbocycles. The SMILES string of the molecule is Cc1ccc(Nc2nc3cccc(-c4cccc(C(F)(F)F)c4)n3n2)cc1.NC=O. The van der Waals surface area contributed by atoms with Crippen molar-refractivity contribution in [3.8, 4) is 11.3 Å². The zero-order valence-electron chi connectivity index (χ0n) is 15.9. The predicted octanol–water partition coefficient (Wildman–Crippen LogP) is 4.57. The van der Waals surface area contributed by atoms with Gasteiger partial charge >= 0.3 is 6.18 Å². The lowest BCUT2D eigenvalue weighted by molar-refractivity contribution is -0.137. The van der Waals surface area contributed by atoms with Crippen LogP contribution in [0.2, 0.25) is 0 Å². The molecule has 0 atom stereocenters. The van der Waals surface area contributed by atoms with Crippen molar-refractivity contribution in [2.75, 3.05) is 5.32 Å². The summed E-state index contributed by atoms with van der Waals surface area (Å²) in [5.74, 6) is 0.373. The van der Waals surface area contributed by atoms with Crippen molar-refractivity contribution in [3.05, 3.63) is 77.9 Å². The van der Waals surface area contributed by atoms with E-state index in [1.807, 2.05) is 31.2 Å². The van der Waals surface area contributed by atoms with Crippen LogP contribution in [-0.2, 0) is 11.0 Å². The molecule has 30 heavy (non-hydrogen) atoms. The smallest absolute Gasteiger partial charge is 0.372 e. The molecule has 6 nitrogen and oxygen atoms in total. The summed E-state index contributed by atoms with van der Waals surface area (Å²) in [7, 11) is 0. The number of primary amides is 1. The molecule has 0 fully saturated rings. The van der Waals surface area contributed by atoms with Crippen LogP contribution >= 0.6 is 0 Å². The lowest BCUT2D eigenvalue weighted by Gasteiger charge is -2.09. The van der Waals surface area contributed by atoms with E-state index in [4.69, 9.17) is 4.79 Å². The van der Waals surface area contributed by atoms with Crippen LogP contribution in [0.4, 0.5) is 24.8 Å². The van der Waals surface area contributed by atoms with E-state index in [0.29, 0.717) is 22.9 Å². The molecule has 2 aromatic carbocycles. The lowest BCUT2D eigenvalue weighted by Crippen LogP contribution is -2.05. The molecule has 1 amide bonds. The number of fused-ring (bicyclic) bond motifs is 1. The molecular formula is C21H18F3N5O. The van der Waals surface area contributed by atoms with E-state index in [2.05, 4.69) is 21.1 Å². The highest BCUT2D eigenvalue weighted by molar-refractivity contribution is 5.65. The van der Waals surface area contributed by atoms with Gasteiger partial charge in [0.2, 0.25) is 12.4 Å². The second-order valence-electron chi connectivity index (χ2n) is 6.32. The number of carbonyl (C=O) groups excluding carboxylic acids is 1. The van der Waals surface area contributed by atoms with Gasteiger partial charge in [0.1, 0.15) is 0 Å². The minimum absolute atomic E-state index is 0.250. The molecule has 0 spiro atoms. The lowest BCUT2D eigenvalue weighted by atomic mass is 10.1. The molecule has 9 heteroatoms. The summed E-state index contributed by atoms with van der Waals surface area (Å²) in [6, 6.07) is 18.1. The van der Waals surface area contributed by atoms with E-state index in [0.717, 1.165) is 23.4 Å². The largest absolute Gasteiger partial charge is 0.416 e. The number of aromatic nitrogens is 3. The zero-order valence-corrected chi connectivity index (χ0v) is 15.9. The fraction of sp³-hybridized carbons (Fsp3) is 0.0952. The maximum Gasteiger partial charge on any atom is 0.416 e. The first-order valence-electron chi connectivity index (χ1n) is 8.84. The second kappa shape index (κ2) is 8.64. The Morgan fingerprint density at radius 2 is 1.70 bits per heavy atom. The number of hydrogen-bond donors (Lipinski definition) is 2. The number of nitrogens with one attached hydrogen (secondary N) is 1. The van der Waals surface area contributed by atoms with Gasteiger partial charge < -0.3 is 11.1 Å². The zero-order chi connectivity index (χ0) is 21.7. The van der Waals surface area contributed by atoms with E-state index in [9.17, 15) is 13.2 Å². The molecule has 4 rings (SSSR count). The fourth-order valence-corrected chi connectivity index (χ4v) is 2.80. The maximum atomic E-state index is 13.0. The van der Waals surface area contributed by atoms with Gasteiger partial charge in [0.15, 0.2) is 5.65 Å². The molecule has 2 heterocycles. The van der Waals surface area contributed by atoms with Crippen molar-refractivity contribution in [3.63, 3.8) is 0 Å². The Hall–Kier alpha value is -3.88. The van der Waals surface area contributed by atoms with Crippen molar-refractivity contribution in [1.29, 1.82) is 0 Å². The van der Waals surface area contributed by atoms with Crippen molar-refractivity contribution in [1.82, 2.24) is 14.6 Å². The summed E-state index contributed by atoms with van der Waals surface area (Å²) in [6.45, 7) is 1.99. The highest BCUT2D eigenvalue weighted by Crippen LogP contribution is 2.32. The first-order valence-corrected chi connectivity index (χ1v) is 8.84. The third-order valence-corrected chi connectivity index (χ3v) is 4.15. The highest BCUT2D eigenvalue weighted by atomic mass is 19.4. The summed E-state index contributed by atoms with van der Waals surface area (Å²) in [5, 5.41) is 7.52. The molecule has 154 valence electrons. The number of amides is 1. The molecule has 0 aliphatic rings. The van der Waals surface area contributed by atoms with Crippen LogP contribution in [0.15, 0.2) is 66.7 Å². The normalized spacial score (nSPS) is 10.9. The van der Waals surface area contributed by atoms with Crippen LogP contribution in [0.5, 0.6) is 0 Å². The van der Waals surface area contributed by atoms with Crippen LogP contribution < -0.4 is 11.1 Å². The summed E-state index contributed by atoms with van der Waals surface area (Å²) in [4.78, 5) is 13.0. The van der Waals surface area contributed by atoms with Gasteiger partial charge in [-0.3, -0.25) is 4.79 Å². The van der Waals surface area contributed by atoms with Crippen molar-refractivity contribution in [2.24, 2.45) is 5.73 Å². The average molecular weight is 413 g/mol. The third-order valence-electron chi connectivity index (χ3n) is 4.15. The molecule has 4 aromatic rings. The van der Waals surface area contributed by atoms with Crippen molar-refractivity contribution < 1.29 is 18.0 Å². The minimum atomic E-state index is -4.40. The molecule has 0 aliphatic heterocycles. The Bertz CT molecular complexity index is 1150. The van der Waals surface area contributed by atoms with Crippen LogP contribution in [0.3, 0.4) is 0 Å². The van der Waals surface area contributed by atoms with Crippen LogP contribution in [-0.4, -0.2) is 21.0 Å². The number of pyridine rings is 1. The Labute approximate surface area is 170 Å². The van der Waals surface area contributed by atoms with Gasteiger partial charge in [0, 0.05) is 11.3 Å². The fourth-order valence-electron chi connectivity index (χ4n) is 2.80. The van der Waals surface area contributed by atoms with Gasteiger partial charge in [0.25, 0.3) is 0 Å². The summed E-state index contributed by atoms with van der Waals surface area (Å²) in [6.07, 6.45) is -4.15. The van der Waals surface area contributed by atoms with Crippen molar-refractivity contribution in [2.45, 2.75) is 13.1 Å². The monoisotopic (exact) mass is 413 g/mol. The number of carbonyl (C=O) groups is 1. The predicted molar refractivity (Wildman–Crippen MR) is 108 cm³/mol. The Balaban J connectivity index is 0.000000806.